The van der Waals surface area contributed by atoms with Crippen molar-refractivity contribution < 1.29 is 9.28 Å². The van der Waals surface area contributed by atoms with Gasteiger partial charge < -0.3 is 5.32 Å². The number of carbonyl (C=O) groups is 1. The molecule has 174 valence electrons. The van der Waals surface area contributed by atoms with Crippen molar-refractivity contribution in [2.75, 3.05) is 19.6 Å². The summed E-state index contributed by atoms with van der Waals surface area (Å²) in [6.45, 7) is 11.0. The molecular weight excluding hydrogens is 370 g/mol. The summed E-state index contributed by atoms with van der Waals surface area (Å²) in [6, 6.07) is 0. The Morgan fingerprint density at radius 2 is 1.50 bits per heavy atom. The van der Waals surface area contributed by atoms with Crippen LogP contribution in [-0.2, 0) is 4.79 Å². The van der Waals surface area contributed by atoms with Gasteiger partial charge in [-0.05, 0) is 19.8 Å². The normalized spacial score (nSPS) is 19.9. The molecule has 0 bridgehead atoms. The minimum Gasteiger partial charge on any atom is -0.307 e. The molecule has 0 aromatic rings. The Balaban J connectivity index is 2.10. The summed E-state index contributed by atoms with van der Waals surface area (Å²) in [5.41, 5.74) is 0. The summed E-state index contributed by atoms with van der Waals surface area (Å²) in [6.07, 6.45) is 23.9. The maximum atomic E-state index is 11.5. The van der Waals surface area contributed by atoms with E-state index in [1.807, 2.05) is 0 Å². The molecule has 1 N–H and O–H groups in total. The molecule has 1 aliphatic rings. The quantitative estimate of drug-likeness (QED) is 0.193. The van der Waals surface area contributed by atoms with E-state index in [0.29, 0.717) is 0 Å². The summed E-state index contributed by atoms with van der Waals surface area (Å²) < 4.78 is 0.773. The van der Waals surface area contributed by atoms with Gasteiger partial charge in [-0.15, -0.1) is 0 Å². The molecule has 2 atom stereocenters. The van der Waals surface area contributed by atoms with E-state index in [9.17, 15) is 4.79 Å². The van der Waals surface area contributed by atoms with Gasteiger partial charge in [0.15, 0.2) is 6.17 Å². The Hall–Kier alpha value is -1.16. The van der Waals surface area contributed by atoms with Gasteiger partial charge in [0.1, 0.15) is 6.54 Å². The van der Waals surface area contributed by atoms with Crippen LogP contribution in [0.2, 0.25) is 0 Å². The Labute approximate surface area is 187 Å². The van der Waals surface area contributed by atoms with Crippen LogP contribution in [0.25, 0.3) is 0 Å². The molecule has 0 fully saturated rings. The van der Waals surface area contributed by atoms with Crippen LogP contribution in [0, 0.1) is 0 Å². The maximum Gasteiger partial charge on any atom is 0.224 e. The van der Waals surface area contributed by atoms with Crippen molar-refractivity contribution in [1.29, 1.82) is 0 Å². The molecular formula is C26H50N3O+. The van der Waals surface area contributed by atoms with E-state index in [1.165, 1.54) is 83.5 Å². The molecule has 1 aliphatic heterocycles. The smallest absolute Gasteiger partial charge is 0.224 e. The van der Waals surface area contributed by atoms with Crippen molar-refractivity contribution in [2.45, 2.75) is 124 Å². The number of hydrogen-bond donors (Lipinski definition) is 1. The molecule has 0 spiro atoms. The van der Waals surface area contributed by atoms with Gasteiger partial charge in [0.05, 0.1) is 13.1 Å². The number of unbranched alkanes of at least 4 members (excludes halogenated alkanes) is 13. The molecule has 30 heavy (non-hydrogen) atoms. The zero-order valence-corrected chi connectivity index (χ0v) is 20.6. The largest absolute Gasteiger partial charge is 0.307 e. The van der Waals surface area contributed by atoms with Crippen molar-refractivity contribution in [3.05, 3.63) is 12.2 Å². The van der Waals surface area contributed by atoms with Gasteiger partial charge in [-0.2, -0.15) is 0 Å². The molecule has 1 amide bonds. The van der Waals surface area contributed by atoms with Crippen LogP contribution < -0.4 is 5.32 Å². The molecule has 0 aromatic heterocycles. The minimum absolute atomic E-state index is 0.0376. The van der Waals surface area contributed by atoms with Crippen LogP contribution in [0.15, 0.2) is 17.1 Å². The summed E-state index contributed by atoms with van der Waals surface area (Å²) >= 11 is 0. The Bertz CT molecular complexity index is 514. The molecule has 1 heterocycles. The second kappa shape index (κ2) is 16.5. The van der Waals surface area contributed by atoms with Gasteiger partial charge in [0, 0.05) is 19.9 Å². The molecule has 0 radical (unpaired) electrons. The lowest BCUT2D eigenvalue weighted by Gasteiger charge is -2.38. The fourth-order valence-electron chi connectivity index (χ4n) is 4.67. The van der Waals surface area contributed by atoms with E-state index in [2.05, 4.69) is 38.2 Å². The van der Waals surface area contributed by atoms with E-state index in [4.69, 9.17) is 4.99 Å². The first-order chi connectivity index (χ1) is 14.6. The minimum atomic E-state index is 0.0376. The first kappa shape index (κ1) is 26.9. The van der Waals surface area contributed by atoms with Gasteiger partial charge in [-0.25, -0.2) is 4.99 Å². The molecule has 2 unspecified atom stereocenters. The van der Waals surface area contributed by atoms with E-state index in [-0.39, 0.29) is 12.1 Å². The molecule has 0 saturated carbocycles. The molecule has 0 aliphatic carbocycles. The van der Waals surface area contributed by atoms with Crippen molar-refractivity contribution in [3.8, 4) is 0 Å². The zero-order chi connectivity index (χ0) is 22.1. The van der Waals surface area contributed by atoms with E-state index in [0.717, 1.165) is 36.4 Å². The van der Waals surface area contributed by atoms with Gasteiger partial charge in [-0.1, -0.05) is 90.0 Å². The van der Waals surface area contributed by atoms with E-state index < -0.39 is 0 Å². The molecule has 4 heteroatoms. The number of rotatable bonds is 18. The number of amides is 1. The third-order valence-corrected chi connectivity index (χ3v) is 6.69. The van der Waals surface area contributed by atoms with Crippen LogP contribution >= 0.6 is 0 Å². The molecule has 1 rings (SSSR count). The van der Waals surface area contributed by atoms with Gasteiger partial charge in [0.2, 0.25) is 11.7 Å². The van der Waals surface area contributed by atoms with E-state index in [1.54, 1.807) is 6.92 Å². The predicted octanol–water partition coefficient (Wildman–Crippen LogP) is 6.75. The highest BCUT2D eigenvalue weighted by atomic mass is 16.1. The Morgan fingerprint density at radius 3 is 2.00 bits per heavy atom. The van der Waals surface area contributed by atoms with Crippen LogP contribution in [-0.4, -0.2) is 42.0 Å². The first-order valence-electron chi connectivity index (χ1n) is 12.9. The number of allylic oxidation sites excluding steroid dienone is 1. The highest BCUT2D eigenvalue weighted by Gasteiger charge is 2.40. The number of nitrogens with one attached hydrogen (secondary N) is 1. The molecule has 0 aromatic carbocycles. The van der Waals surface area contributed by atoms with Crippen LogP contribution in [0.4, 0.5) is 0 Å². The average molecular weight is 421 g/mol. The second-order valence-corrected chi connectivity index (χ2v) is 9.12. The molecule has 4 nitrogen and oxygen atoms in total. The van der Waals surface area contributed by atoms with Crippen LogP contribution in [0.5, 0.6) is 0 Å². The fraction of sp³-hybridized carbons (Fsp3) is 0.846. The fourth-order valence-corrected chi connectivity index (χ4v) is 4.67. The van der Waals surface area contributed by atoms with Crippen molar-refractivity contribution in [1.82, 2.24) is 5.32 Å². The number of hydrogen-bond acceptors (Lipinski definition) is 2. The first-order valence-corrected chi connectivity index (χ1v) is 12.9. The van der Waals surface area contributed by atoms with Crippen LogP contribution in [0.1, 0.15) is 118 Å². The number of nitrogens with zero attached hydrogens (tertiary/aromatic N) is 2. The highest BCUT2D eigenvalue weighted by Crippen LogP contribution is 2.20. The predicted molar refractivity (Wildman–Crippen MR) is 131 cm³/mol. The lowest BCUT2D eigenvalue weighted by atomic mass is 10.0. The van der Waals surface area contributed by atoms with E-state index >= 15 is 0 Å². The summed E-state index contributed by atoms with van der Waals surface area (Å²) in [4.78, 5) is 16.2. The summed E-state index contributed by atoms with van der Waals surface area (Å²) in [7, 11) is 0. The maximum absolute atomic E-state index is 11.5. The number of carbonyl (C=O) groups excluding carboxylic acids is 1. The average Bonchev–Trinajstić information content (AvgIpc) is 3.14. The number of aliphatic imine (C=N–C) groups is 1. The van der Waals surface area contributed by atoms with Crippen molar-refractivity contribution in [3.63, 3.8) is 0 Å². The standard InChI is InChI=1S/C26H49N3O/c1-5-7-8-9-10-11-12-13-14-15-16-17-18-19-20-21-26-27-22-23-29(26,6-2)24(3)28-25(4)30/h20-21,24H,5-19,22-23H2,1-4H3/p+1/b21-20+. The number of amidine groups is 1. The van der Waals surface area contributed by atoms with Gasteiger partial charge >= 0.3 is 0 Å². The third-order valence-electron chi connectivity index (χ3n) is 6.69. The lowest BCUT2D eigenvalue weighted by molar-refractivity contribution is -0.859. The monoisotopic (exact) mass is 420 g/mol. The number of likely N-dealkylation sites (N-methyl/N-ethyl adjacent to an activating group) is 1. The highest BCUT2D eigenvalue weighted by molar-refractivity contribution is 5.88. The number of quaternary nitrogens is 1. The van der Waals surface area contributed by atoms with Gasteiger partial charge in [0.25, 0.3) is 0 Å². The topological polar surface area (TPSA) is 41.5 Å². The van der Waals surface area contributed by atoms with Crippen molar-refractivity contribution >= 4 is 11.7 Å². The Kier molecular flexibility index (Phi) is 14.8. The summed E-state index contributed by atoms with van der Waals surface area (Å²) in [5.74, 6) is 1.17. The SMILES string of the molecule is CCCCCCCCCCCCCCC/C=C/C1=NCC[N+]1(CC)C(C)NC(C)=O. The van der Waals surface area contributed by atoms with Crippen LogP contribution in [0.3, 0.4) is 0 Å². The van der Waals surface area contributed by atoms with Gasteiger partial charge in [-0.3, -0.25) is 9.28 Å². The second-order valence-electron chi connectivity index (χ2n) is 9.12. The Morgan fingerprint density at radius 1 is 0.967 bits per heavy atom. The zero-order valence-electron chi connectivity index (χ0n) is 20.6. The lowest BCUT2D eigenvalue weighted by Crippen LogP contribution is -2.62. The molecule has 0 saturated heterocycles. The summed E-state index contributed by atoms with van der Waals surface area (Å²) in [5, 5.41) is 3.08. The van der Waals surface area contributed by atoms with Crippen molar-refractivity contribution in [2.24, 2.45) is 4.99 Å². The third kappa shape index (κ3) is 10.2.